The number of anilines is 1. The van der Waals surface area contributed by atoms with Gasteiger partial charge in [0.05, 0.1) is 10.7 Å². The monoisotopic (exact) mass is 204 g/mol. The Bertz CT molecular complexity index is 420. The molecule has 0 aliphatic heterocycles. The van der Waals surface area contributed by atoms with E-state index in [0.717, 1.165) is 22.7 Å². The Morgan fingerprint density at radius 3 is 2.86 bits per heavy atom. The summed E-state index contributed by atoms with van der Waals surface area (Å²) in [6, 6.07) is 8.00. The first-order valence-electron chi connectivity index (χ1n) is 4.61. The molecule has 0 atom stereocenters. The lowest BCUT2D eigenvalue weighted by atomic mass is 10.2. The van der Waals surface area contributed by atoms with Crippen LogP contribution in [0.5, 0.6) is 0 Å². The van der Waals surface area contributed by atoms with Gasteiger partial charge in [0.2, 0.25) is 0 Å². The molecule has 0 fully saturated rings. The van der Waals surface area contributed by atoms with E-state index in [4.69, 9.17) is 5.73 Å². The number of nitrogens with zero attached hydrogens (tertiary/aromatic N) is 1. The van der Waals surface area contributed by atoms with E-state index in [-0.39, 0.29) is 0 Å². The smallest absolute Gasteiger partial charge is 0.0954 e. The van der Waals surface area contributed by atoms with E-state index in [9.17, 15) is 0 Å². The number of nitrogens with two attached hydrogens (primary N) is 1. The van der Waals surface area contributed by atoms with Gasteiger partial charge in [0.25, 0.3) is 0 Å². The highest BCUT2D eigenvalue weighted by molar-refractivity contribution is 7.16. The molecule has 2 aromatic heterocycles. The van der Waals surface area contributed by atoms with Gasteiger partial charge < -0.3 is 5.73 Å². The van der Waals surface area contributed by atoms with E-state index >= 15 is 0 Å². The number of rotatable bonds is 2. The number of hydrogen-bond donors (Lipinski definition) is 1. The van der Waals surface area contributed by atoms with Gasteiger partial charge in [-0.2, -0.15) is 0 Å². The highest BCUT2D eigenvalue weighted by atomic mass is 32.1. The van der Waals surface area contributed by atoms with Gasteiger partial charge in [-0.05, 0) is 24.6 Å². The summed E-state index contributed by atoms with van der Waals surface area (Å²) >= 11 is 1.65. The van der Waals surface area contributed by atoms with Crippen molar-refractivity contribution < 1.29 is 0 Å². The molecule has 0 bridgehead atoms. The van der Waals surface area contributed by atoms with E-state index in [1.807, 2.05) is 18.2 Å². The summed E-state index contributed by atoms with van der Waals surface area (Å²) in [7, 11) is 0. The fourth-order valence-corrected chi connectivity index (χ4v) is 2.23. The van der Waals surface area contributed by atoms with E-state index in [0.29, 0.717) is 0 Å². The second-order valence-electron chi connectivity index (χ2n) is 3.06. The Morgan fingerprint density at radius 1 is 1.43 bits per heavy atom. The Balaban J connectivity index is 2.46. The average molecular weight is 204 g/mol. The lowest BCUT2D eigenvalue weighted by Gasteiger charge is -1.96. The zero-order chi connectivity index (χ0) is 9.97. The second-order valence-corrected chi connectivity index (χ2v) is 4.23. The molecule has 0 aliphatic rings. The third-order valence-electron chi connectivity index (χ3n) is 2.10. The van der Waals surface area contributed by atoms with Crippen LogP contribution in [0.2, 0.25) is 0 Å². The summed E-state index contributed by atoms with van der Waals surface area (Å²) in [5.41, 5.74) is 7.95. The lowest BCUT2D eigenvalue weighted by Crippen LogP contribution is -1.85. The van der Waals surface area contributed by atoms with Gasteiger partial charge in [0.15, 0.2) is 0 Å². The molecule has 0 amide bonds. The number of thiophene rings is 1. The summed E-state index contributed by atoms with van der Waals surface area (Å²) in [6.45, 7) is 2.13. The molecular formula is C11H12N2S. The van der Waals surface area contributed by atoms with Crippen LogP contribution in [0.25, 0.3) is 11.3 Å². The van der Waals surface area contributed by atoms with Crippen LogP contribution in [0.3, 0.4) is 0 Å². The third-order valence-corrected chi connectivity index (χ3v) is 3.21. The van der Waals surface area contributed by atoms with Crippen LogP contribution < -0.4 is 5.73 Å². The lowest BCUT2D eigenvalue weighted by molar-refractivity contribution is 1.19. The summed E-state index contributed by atoms with van der Waals surface area (Å²) in [5.74, 6) is 0. The zero-order valence-corrected chi connectivity index (χ0v) is 8.84. The molecule has 0 unspecified atom stereocenters. The van der Waals surface area contributed by atoms with Crippen LogP contribution in [-0.2, 0) is 6.42 Å². The minimum absolute atomic E-state index is 0.862. The molecule has 3 heteroatoms. The highest BCUT2D eigenvalue weighted by Crippen LogP contribution is 2.32. The number of aryl methyl sites for hydroxylation is 1. The van der Waals surface area contributed by atoms with Crippen LogP contribution in [0, 0.1) is 0 Å². The van der Waals surface area contributed by atoms with E-state index in [1.54, 1.807) is 17.5 Å². The molecule has 0 aliphatic carbocycles. The SMILES string of the molecule is CCc1cc(-c2ccccn2)c(N)s1. The molecule has 0 saturated heterocycles. The summed E-state index contributed by atoms with van der Waals surface area (Å²) in [5, 5.41) is 0.862. The minimum Gasteiger partial charge on any atom is -0.390 e. The third kappa shape index (κ3) is 1.63. The molecule has 2 nitrogen and oxygen atoms in total. The molecule has 0 aromatic carbocycles. The van der Waals surface area contributed by atoms with Crippen molar-refractivity contribution in [3.63, 3.8) is 0 Å². The number of pyridine rings is 1. The molecule has 0 saturated carbocycles. The van der Waals surface area contributed by atoms with Gasteiger partial charge in [0.1, 0.15) is 0 Å². The van der Waals surface area contributed by atoms with Crippen molar-refractivity contribution in [1.82, 2.24) is 4.98 Å². The molecule has 0 spiro atoms. The Hall–Kier alpha value is -1.35. The summed E-state index contributed by atoms with van der Waals surface area (Å²) in [6.07, 6.45) is 2.82. The second kappa shape index (κ2) is 3.80. The fraction of sp³-hybridized carbons (Fsp3) is 0.182. The van der Waals surface area contributed by atoms with Crippen molar-refractivity contribution in [2.75, 3.05) is 5.73 Å². The van der Waals surface area contributed by atoms with Gasteiger partial charge in [-0.15, -0.1) is 11.3 Å². The first kappa shape index (κ1) is 9.21. The van der Waals surface area contributed by atoms with Gasteiger partial charge in [-0.3, -0.25) is 4.98 Å². The fourth-order valence-electron chi connectivity index (χ4n) is 1.35. The maximum absolute atomic E-state index is 5.93. The largest absolute Gasteiger partial charge is 0.390 e. The van der Waals surface area contributed by atoms with Crippen LogP contribution in [0.15, 0.2) is 30.5 Å². The van der Waals surface area contributed by atoms with Crippen molar-refractivity contribution in [2.45, 2.75) is 13.3 Å². The number of nitrogen functional groups attached to an aromatic ring is 1. The molecule has 0 radical (unpaired) electrons. The molecule has 2 rings (SSSR count). The van der Waals surface area contributed by atoms with Crippen molar-refractivity contribution in [2.24, 2.45) is 0 Å². The van der Waals surface area contributed by atoms with Crippen LogP contribution >= 0.6 is 11.3 Å². The standard InChI is InChI=1S/C11H12N2S/c1-2-8-7-9(11(12)14-8)10-5-3-4-6-13-10/h3-7H,2,12H2,1H3. The van der Waals surface area contributed by atoms with Gasteiger partial charge >= 0.3 is 0 Å². The topological polar surface area (TPSA) is 38.9 Å². The van der Waals surface area contributed by atoms with Gasteiger partial charge in [-0.1, -0.05) is 13.0 Å². The Kier molecular flexibility index (Phi) is 2.50. The zero-order valence-electron chi connectivity index (χ0n) is 8.03. The maximum atomic E-state index is 5.93. The minimum atomic E-state index is 0.862. The normalized spacial score (nSPS) is 10.4. The Morgan fingerprint density at radius 2 is 2.29 bits per heavy atom. The predicted octanol–water partition coefficient (Wildman–Crippen LogP) is 2.95. The molecule has 2 N–H and O–H groups in total. The van der Waals surface area contributed by atoms with Crippen molar-refractivity contribution in [1.29, 1.82) is 0 Å². The van der Waals surface area contributed by atoms with Crippen molar-refractivity contribution >= 4 is 16.3 Å². The van der Waals surface area contributed by atoms with Crippen molar-refractivity contribution in [3.8, 4) is 11.3 Å². The van der Waals surface area contributed by atoms with Crippen LogP contribution in [-0.4, -0.2) is 4.98 Å². The van der Waals surface area contributed by atoms with Gasteiger partial charge in [0, 0.05) is 16.6 Å². The van der Waals surface area contributed by atoms with Crippen LogP contribution in [0.1, 0.15) is 11.8 Å². The highest BCUT2D eigenvalue weighted by Gasteiger charge is 2.07. The first-order chi connectivity index (χ1) is 6.81. The molecular weight excluding hydrogens is 192 g/mol. The van der Waals surface area contributed by atoms with Crippen molar-refractivity contribution in [3.05, 3.63) is 35.3 Å². The summed E-state index contributed by atoms with van der Waals surface area (Å²) in [4.78, 5) is 5.59. The van der Waals surface area contributed by atoms with E-state index in [2.05, 4.69) is 18.0 Å². The molecule has 2 aromatic rings. The quantitative estimate of drug-likeness (QED) is 0.816. The molecule has 72 valence electrons. The predicted molar refractivity (Wildman–Crippen MR) is 61.3 cm³/mol. The number of aromatic nitrogens is 1. The van der Waals surface area contributed by atoms with E-state index < -0.39 is 0 Å². The molecule has 2 heterocycles. The summed E-state index contributed by atoms with van der Waals surface area (Å²) < 4.78 is 0. The van der Waals surface area contributed by atoms with Crippen LogP contribution in [0.4, 0.5) is 5.00 Å². The average Bonchev–Trinajstić information content (AvgIpc) is 2.61. The maximum Gasteiger partial charge on any atom is 0.0954 e. The molecule has 14 heavy (non-hydrogen) atoms. The first-order valence-corrected chi connectivity index (χ1v) is 5.42. The number of hydrogen-bond acceptors (Lipinski definition) is 3. The van der Waals surface area contributed by atoms with Gasteiger partial charge in [-0.25, -0.2) is 0 Å². The van der Waals surface area contributed by atoms with E-state index in [1.165, 1.54) is 4.88 Å². The Labute approximate surface area is 87.4 Å².